The Morgan fingerprint density at radius 3 is 2.23 bits per heavy atom. The van der Waals surface area contributed by atoms with Gasteiger partial charge in [0.25, 0.3) is 0 Å². The number of halogens is 1. The summed E-state index contributed by atoms with van der Waals surface area (Å²) in [6, 6.07) is 8.77. The third kappa shape index (κ3) is 7.11. The van der Waals surface area contributed by atoms with Gasteiger partial charge in [-0.2, -0.15) is 0 Å². The van der Waals surface area contributed by atoms with E-state index >= 15 is 0 Å². The first kappa shape index (κ1) is 24.9. The van der Waals surface area contributed by atoms with Crippen molar-refractivity contribution >= 4 is 35.8 Å². The van der Waals surface area contributed by atoms with Gasteiger partial charge in [0.1, 0.15) is 0 Å². The predicted octanol–water partition coefficient (Wildman–Crippen LogP) is 2.92. The van der Waals surface area contributed by atoms with E-state index in [-0.39, 0.29) is 24.0 Å². The van der Waals surface area contributed by atoms with E-state index < -0.39 is 0 Å². The molecular formula is C23H38IN5O. The van der Waals surface area contributed by atoms with Gasteiger partial charge in [-0.1, -0.05) is 36.8 Å². The molecule has 30 heavy (non-hydrogen) atoms. The summed E-state index contributed by atoms with van der Waals surface area (Å²) in [7, 11) is 1.85. The number of aryl methyl sites for hydroxylation is 1. The van der Waals surface area contributed by atoms with E-state index in [4.69, 9.17) is 0 Å². The van der Waals surface area contributed by atoms with Crippen molar-refractivity contribution in [1.29, 1.82) is 0 Å². The van der Waals surface area contributed by atoms with Gasteiger partial charge in [0, 0.05) is 52.9 Å². The van der Waals surface area contributed by atoms with Crippen LogP contribution < -0.4 is 5.32 Å². The molecule has 0 radical (unpaired) electrons. The Hall–Kier alpha value is -1.35. The molecule has 1 unspecified atom stereocenters. The van der Waals surface area contributed by atoms with Crippen LogP contribution in [-0.2, 0) is 4.79 Å². The lowest BCUT2D eigenvalue weighted by Gasteiger charge is -2.37. The van der Waals surface area contributed by atoms with Crippen molar-refractivity contribution in [3.63, 3.8) is 0 Å². The zero-order chi connectivity index (χ0) is 20.6. The maximum absolute atomic E-state index is 12.5. The molecule has 2 aliphatic heterocycles. The molecule has 168 valence electrons. The van der Waals surface area contributed by atoms with Gasteiger partial charge in [-0.15, -0.1) is 24.0 Å². The molecule has 0 aromatic heterocycles. The molecule has 2 fully saturated rings. The molecule has 2 saturated heterocycles. The highest BCUT2D eigenvalue weighted by atomic mass is 127. The monoisotopic (exact) mass is 527 g/mol. The summed E-state index contributed by atoms with van der Waals surface area (Å²) in [5.74, 6) is 1.69. The van der Waals surface area contributed by atoms with Crippen molar-refractivity contribution in [1.82, 2.24) is 20.0 Å². The second kappa shape index (κ2) is 12.5. The largest absolute Gasteiger partial charge is 0.356 e. The number of nitrogens with one attached hydrogen (secondary N) is 1. The molecule has 2 heterocycles. The number of carbonyl (C=O) groups is 1. The molecule has 1 atom stereocenters. The third-order valence-corrected chi connectivity index (χ3v) is 6.16. The van der Waals surface area contributed by atoms with Crippen LogP contribution >= 0.6 is 24.0 Å². The maximum Gasteiger partial charge on any atom is 0.236 e. The van der Waals surface area contributed by atoms with E-state index in [9.17, 15) is 4.79 Å². The summed E-state index contributed by atoms with van der Waals surface area (Å²) in [6.07, 6.45) is 3.57. The molecule has 0 bridgehead atoms. The average molecular weight is 527 g/mol. The van der Waals surface area contributed by atoms with E-state index in [1.807, 2.05) is 11.9 Å². The van der Waals surface area contributed by atoms with Gasteiger partial charge in [0.15, 0.2) is 5.96 Å². The number of piperidine rings is 1. The third-order valence-electron chi connectivity index (χ3n) is 6.16. The van der Waals surface area contributed by atoms with E-state index in [1.54, 1.807) is 0 Å². The Labute approximate surface area is 199 Å². The number of nitrogens with zero attached hydrogens (tertiary/aromatic N) is 4. The number of aliphatic imine (C=N–C) groups is 1. The molecule has 0 aliphatic carbocycles. The summed E-state index contributed by atoms with van der Waals surface area (Å²) in [4.78, 5) is 23.6. The lowest BCUT2D eigenvalue weighted by Crippen LogP contribution is -2.54. The summed E-state index contributed by atoms with van der Waals surface area (Å²) >= 11 is 0. The predicted molar refractivity (Wildman–Crippen MR) is 135 cm³/mol. The van der Waals surface area contributed by atoms with Crippen LogP contribution in [0.15, 0.2) is 29.3 Å². The van der Waals surface area contributed by atoms with Gasteiger partial charge in [-0.3, -0.25) is 14.7 Å². The van der Waals surface area contributed by atoms with Crippen LogP contribution in [0.2, 0.25) is 0 Å². The van der Waals surface area contributed by atoms with Crippen LogP contribution in [0.5, 0.6) is 0 Å². The fourth-order valence-electron chi connectivity index (χ4n) is 4.14. The summed E-state index contributed by atoms with van der Waals surface area (Å²) in [5.41, 5.74) is 2.64. The lowest BCUT2D eigenvalue weighted by molar-refractivity contribution is -0.133. The highest BCUT2D eigenvalue weighted by Crippen LogP contribution is 2.15. The number of piperazine rings is 1. The molecule has 6 nitrogen and oxygen atoms in total. The van der Waals surface area contributed by atoms with Crippen LogP contribution in [0.4, 0.5) is 0 Å². The number of benzene rings is 1. The van der Waals surface area contributed by atoms with Gasteiger partial charge >= 0.3 is 0 Å². The summed E-state index contributed by atoms with van der Waals surface area (Å²) in [6.45, 7) is 11.3. The van der Waals surface area contributed by atoms with Crippen molar-refractivity contribution in [2.75, 3.05) is 59.4 Å². The Morgan fingerprint density at radius 1 is 1.00 bits per heavy atom. The molecule has 7 heteroatoms. The smallest absolute Gasteiger partial charge is 0.236 e. The standard InChI is InChI=1S/C23H37N5O.HI/c1-19-7-9-21(10-8-19)20(2)17-25-23(24-3)28-15-13-26(14-16-28)18-22(29)27-11-5-4-6-12-27;/h7-10,20H,4-6,11-18H2,1-3H3,(H,24,25);1H. The van der Waals surface area contributed by atoms with Crippen LogP contribution in [0.3, 0.4) is 0 Å². The topological polar surface area (TPSA) is 51.2 Å². The minimum absolute atomic E-state index is 0. The zero-order valence-electron chi connectivity index (χ0n) is 18.8. The van der Waals surface area contributed by atoms with E-state index in [0.29, 0.717) is 18.4 Å². The number of hydrogen-bond acceptors (Lipinski definition) is 3. The fourth-order valence-corrected chi connectivity index (χ4v) is 4.14. The van der Waals surface area contributed by atoms with Crippen molar-refractivity contribution in [2.45, 2.75) is 39.0 Å². The Morgan fingerprint density at radius 2 is 1.63 bits per heavy atom. The fraction of sp³-hybridized carbons (Fsp3) is 0.652. The SMILES string of the molecule is CN=C(NCC(C)c1ccc(C)cc1)N1CCN(CC(=O)N2CCCCC2)CC1.I. The highest BCUT2D eigenvalue weighted by molar-refractivity contribution is 14.0. The summed E-state index contributed by atoms with van der Waals surface area (Å²) < 4.78 is 0. The number of guanidine groups is 1. The van der Waals surface area contributed by atoms with Crippen molar-refractivity contribution in [2.24, 2.45) is 4.99 Å². The van der Waals surface area contributed by atoms with Crippen molar-refractivity contribution < 1.29 is 4.79 Å². The van der Waals surface area contributed by atoms with Gasteiger partial charge < -0.3 is 15.1 Å². The number of likely N-dealkylation sites (tertiary alicyclic amines) is 1. The minimum atomic E-state index is 0. The maximum atomic E-state index is 12.5. The van der Waals surface area contributed by atoms with Crippen LogP contribution in [0, 0.1) is 6.92 Å². The van der Waals surface area contributed by atoms with Crippen LogP contribution in [-0.4, -0.2) is 86.0 Å². The molecule has 1 aromatic rings. The molecule has 2 aliphatic rings. The van der Waals surface area contributed by atoms with E-state index in [1.165, 1.54) is 17.5 Å². The number of rotatable bonds is 5. The van der Waals surface area contributed by atoms with Crippen LogP contribution in [0.1, 0.15) is 43.2 Å². The molecule has 0 spiro atoms. The second-order valence-electron chi connectivity index (χ2n) is 8.44. The quantitative estimate of drug-likeness (QED) is 0.364. The Bertz CT molecular complexity index is 679. The number of carbonyl (C=O) groups excluding carboxylic acids is 1. The molecule has 1 amide bonds. The van der Waals surface area contributed by atoms with E-state index in [0.717, 1.165) is 64.6 Å². The van der Waals surface area contributed by atoms with Gasteiger partial charge in [-0.25, -0.2) is 0 Å². The first-order valence-corrected chi connectivity index (χ1v) is 11.1. The van der Waals surface area contributed by atoms with E-state index in [2.05, 4.69) is 58.2 Å². The Balaban J connectivity index is 0.00000320. The number of amides is 1. The first-order valence-electron chi connectivity index (χ1n) is 11.1. The molecule has 0 saturated carbocycles. The normalized spacial score (nSPS) is 19.2. The van der Waals surface area contributed by atoms with Gasteiger partial charge in [-0.05, 0) is 37.7 Å². The van der Waals surface area contributed by atoms with Gasteiger partial charge in [0.05, 0.1) is 6.54 Å². The van der Waals surface area contributed by atoms with Crippen LogP contribution in [0.25, 0.3) is 0 Å². The molecule has 1 N–H and O–H groups in total. The van der Waals surface area contributed by atoms with Crippen molar-refractivity contribution in [3.8, 4) is 0 Å². The molecule has 3 rings (SSSR count). The first-order chi connectivity index (χ1) is 14.1. The van der Waals surface area contributed by atoms with Gasteiger partial charge in [0.2, 0.25) is 5.91 Å². The summed E-state index contributed by atoms with van der Waals surface area (Å²) in [5, 5.41) is 3.54. The molecule has 1 aromatic carbocycles. The number of hydrogen-bond donors (Lipinski definition) is 1. The average Bonchev–Trinajstić information content (AvgIpc) is 2.76. The second-order valence-corrected chi connectivity index (χ2v) is 8.44. The zero-order valence-corrected chi connectivity index (χ0v) is 21.1. The Kier molecular flexibility index (Phi) is 10.4. The minimum Gasteiger partial charge on any atom is -0.356 e. The lowest BCUT2D eigenvalue weighted by atomic mass is 10.0. The molecular weight excluding hydrogens is 489 g/mol. The highest BCUT2D eigenvalue weighted by Gasteiger charge is 2.24. The van der Waals surface area contributed by atoms with Crippen molar-refractivity contribution in [3.05, 3.63) is 35.4 Å².